The Kier molecular flexibility index (Phi) is 7.55. The van der Waals surface area contributed by atoms with Crippen LogP contribution in [0.5, 0.6) is 17.2 Å². The first-order valence-corrected chi connectivity index (χ1v) is 12.4. The SMILES string of the molecule is Cc1cc(Oc2ccc(CNc3oc(-c4ccc(COc5ccccc5Cl)o4)nc3C#N)cc2)ccc1Cl. The van der Waals surface area contributed by atoms with Crippen LogP contribution in [0.15, 0.2) is 87.7 Å². The maximum absolute atomic E-state index is 9.53. The van der Waals surface area contributed by atoms with Gasteiger partial charge in [-0.1, -0.05) is 47.5 Å². The lowest BCUT2D eigenvalue weighted by Crippen LogP contribution is -1.99. The number of ether oxygens (including phenoxy) is 2. The van der Waals surface area contributed by atoms with E-state index in [0.717, 1.165) is 11.1 Å². The molecule has 5 aromatic rings. The van der Waals surface area contributed by atoms with Gasteiger partial charge >= 0.3 is 0 Å². The summed E-state index contributed by atoms with van der Waals surface area (Å²) in [6.45, 7) is 2.52. The molecule has 3 aromatic carbocycles. The molecule has 2 heterocycles. The molecule has 0 amide bonds. The van der Waals surface area contributed by atoms with Crippen LogP contribution in [0.3, 0.4) is 0 Å². The molecule has 7 nitrogen and oxygen atoms in total. The number of hydrogen-bond donors (Lipinski definition) is 1. The van der Waals surface area contributed by atoms with E-state index in [-0.39, 0.29) is 24.1 Å². The molecule has 2 aromatic heterocycles. The van der Waals surface area contributed by atoms with Gasteiger partial charge in [0.05, 0.1) is 5.02 Å². The number of benzene rings is 3. The summed E-state index contributed by atoms with van der Waals surface area (Å²) in [5.41, 5.74) is 2.03. The van der Waals surface area contributed by atoms with Crippen molar-refractivity contribution in [2.24, 2.45) is 0 Å². The summed E-state index contributed by atoms with van der Waals surface area (Å²) >= 11 is 12.2. The van der Waals surface area contributed by atoms with E-state index in [2.05, 4.69) is 10.3 Å². The average molecular weight is 546 g/mol. The van der Waals surface area contributed by atoms with E-state index >= 15 is 0 Å². The molecule has 38 heavy (non-hydrogen) atoms. The lowest BCUT2D eigenvalue weighted by molar-refractivity contribution is 0.271. The van der Waals surface area contributed by atoms with Crippen LogP contribution in [0.4, 0.5) is 5.88 Å². The first-order valence-electron chi connectivity index (χ1n) is 11.6. The number of para-hydroxylation sites is 1. The molecule has 0 aliphatic carbocycles. The molecule has 0 spiro atoms. The van der Waals surface area contributed by atoms with Crippen molar-refractivity contribution in [3.63, 3.8) is 0 Å². The number of halogens is 2. The lowest BCUT2D eigenvalue weighted by Gasteiger charge is -2.08. The maximum Gasteiger partial charge on any atom is 0.266 e. The van der Waals surface area contributed by atoms with E-state index in [0.29, 0.717) is 45.4 Å². The molecule has 0 aliphatic heterocycles. The fraction of sp³-hybridized carbons (Fsp3) is 0.103. The fourth-order valence-electron chi connectivity index (χ4n) is 3.58. The van der Waals surface area contributed by atoms with Gasteiger partial charge in [0.1, 0.15) is 35.7 Å². The molecule has 9 heteroatoms. The summed E-state index contributed by atoms with van der Waals surface area (Å²) in [5.74, 6) is 3.35. The zero-order valence-electron chi connectivity index (χ0n) is 20.2. The van der Waals surface area contributed by atoms with Gasteiger partial charge < -0.3 is 23.6 Å². The minimum absolute atomic E-state index is 0.128. The minimum atomic E-state index is 0.128. The first kappa shape index (κ1) is 25.3. The molecular weight excluding hydrogens is 525 g/mol. The predicted molar refractivity (Wildman–Crippen MR) is 145 cm³/mol. The fourth-order valence-corrected chi connectivity index (χ4v) is 3.88. The zero-order chi connectivity index (χ0) is 26.5. The van der Waals surface area contributed by atoms with Crippen LogP contribution in [0.25, 0.3) is 11.7 Å². The first-order chi connectivity index (χ1) is 18.5. The van der Waals surface area contributed by atoms with Gasteiger partial charge in [-0.2, -0.15) is 10.2 Å². The van der Waals surface area contributed by atoms with Crippen molar-refractivity contribution in [3.05, 3.63) is 111 Å². The molecule has 0 atom stereocenters. The standard InChI is InChI=1S/C29H21Cl2N3O4/c1-18-14-21(10-12-23(18)30)36-20-8-6-19(7-9-20)16-33-28-25(15-32)34-29(38-28)27-13-11-22(37-27)17-35-26-5-3-2-4-24(26)31/h2-14,33H,16-17H2,1H3. The maximum atomic E-state index is 9.53. The lowest BCUT2D eigenvalue weighted by atomic mass is 10.2. The van der Waals surface area contributed by atoms with Gasteiger partial charge in [0.15, 0.2) is 5.76 Å². The number of nitrogens with zero attached hydrogens (tertiary/aromatic N) is 2. The highest BCUT2D eigenvalue weighted by molar-refractivity contribution is 6.32. The van der Waals surface area contributed by atoms with Gasteiger partial charge in [0.25, 0.3) is 5.89 Å². The van der Waals surface area contributed by atoms with Crippen molar-refractivity contribution in [2.45, 2.75) is 20.1 Å². The summed E-state index contributed by atoms with van der Waals surface area (Å²) in [6.07, 6.45) is 0. The Balaban J connectivity index is 1.21. The third-order valence-corrected chi connectivity index (χ3v) is 6.29. The Labute approximate surface area is 229 Å². The highest BCUT2D eigenvalue weighted by Crippen LogP contribution is 2.30. The van der Waals surface area contributed by atoms with E-state index in [1.807, 2.05) is 61.5 Å². The number of anilines is 1. The van der Waals surface area contributed by atoms with Gasteiger partial charge in [-0.25, -0.2) is 0 Å². The number of aromatic nitrogens is 1. The number of oxazole rings is 1. The summed E-state index contributed by atoms with van der Waals surface area (Å²) in [6, 6.07) is 25.8. The molecule has 5 rings (SSSR count). The summed E-state index contributed by atoms with van der Waals surface area (Å²) in [5, 5.41) is 13.9. The van der Waals surface area contributed by atoms with Gasteiger partial charge in [0.2, 0.25) is 11.6 Å². The van der Waals surface area contributed by atoms with Crippen LogP contribution in [0, 0.1) is 18.3 Å². The van der Waals surface area contributed by atoms with Gasteiger partial charge in [-0.3, -0.25) is 0 Å². The van der Waals surface area contributed by atoms with Crippen molar-refractivity contribution in [3.8, 4) is 35.0 Å². The Hall–Kier alpha value is -4.38. The Morgan fingerprint density at radius 1 is 0.921 bits per heavy atom. The third-order valence-electron chi connectivity index (χ3n) is 5.55. The normalized spacial score (nSPS) is 10.7. The number of furan rings is 1. The zero-order valence-corrected chi connectivity index (χ0v) is 21.7. The van der Waals surface area contributed by atoms with Crippen molar-refractivity contribution >= 4 is 29.1 Å². The number of nitrogens with one attached hydrogen (secondary N) is 1. The molecular formula is C29H21Cl2N3O4. The summed E-state index contributed by atoms with van der Waals surface area (Å²) in [7, 11) is 0. The van der Waals surface area contributed by atoms with Crippen LogP contribution >= 0.6 is 23.2 Å². The molecule has 190 valence electrons. The quantitative estimate of drug-likeness (QED) is 0.198. The van der Waals surface area contributed by atoms with Gasteiger partial charge in [-0.15, -0.1) is 0 Å². The third kappa shape index (κ3) is 5.94. The highest BCUT2D eigenvalue weighted by atomic mass is 35.5. The van der Waals surface area contributed by atoms with E-state index in [9.17, 15) is 5.26 Å². The molecule has 1 N–H and O–H groups in total. The van der Waals surface area contributed by atoms with Crippen LogP contribution in [-0.2, 0) is 13.2 Å². The van der Waals surface area contributed by atoms with Gasteiger partial charge in [-0.05, 0) is 72.6 Å². The molecule has 0 unspecified atom stereocenters. The molecule has 0 fully saturated rings. The summed E-state index contributed by atoms with van der Waals surface area (Å²) in [4.78, 5) is 4.26. The molecule has 0 radical (unpaired) electrons. The van der Waals surface area contributed by atoms with Gasteiger partial charge in [0, 0.05) is 11.6 Å². The highest BCUT2D eigenvalue weighted by Gasteiger charge is 2.17. The van der Waals surface area contributed by atoms with E-state index in [1.54, 1.807) is 30.3 Å². The summed E-state index contributed by atoms with van der Waals surface area (Å²) < 4.78 is 23.2. The second-order valence-electron chi connectivity index (χ2n) is 8.30. The number of nitriles is 1. The van der Waals surface area contributed by atoms with Crippen LogP contribution < -0.4 is 14.8 Å². The van der Waals surface area contributed by atoms with Crippen molar-refractivity contribution in [1.82, 2.24) is 4.98 Å². The Bertz CT molecular complexity index is 1600. The Morgan fingerprint density at radius 3 is 2.47 bits per heavy atom. The number of hydrogen-bond acceptors (Lipinski definition) is 7. The molecule has 0 saturated carbocycles. The van der Waals surface area contributed by atoms with Crippen LogP contribution in [0.1, 0.15) is 22.6 Å². The number of aryl methyl sites for hydroxylation is 1. The number of rotatable bonds is 9. The van der Waals surface area contributed by atoms with Crippen LogP contribution in [0.2, 0.25) is 10.0 Å². The monoisotopic (exact) mass is 545 g/mol. The molecule has 0 bridgehead atoms. The van der Waals surface area contributed by atoms with Crippen LogP contribution in [-0.4, -0.2) is 4.98 Å². The van der Waals surface area contributed by atoms with Crippen molar-refractivity contribution in [1.29, 1.82) is 5.26 Å². The van der Waals surface area contributed by atoms with E-state index in [4.69, 9.17) is 41.5 Å². The molecule has 0 saturated heterocycles. The average Bonchev–Trinajstić information content (AvgIpc) is 3.57. The molecule has 0 aliphatic rings. The largest absolute Gasteiger partial charge is 0.484 e. The smallest absolute Gasteiger partial charge is 0.266 e. The Morgan fingerprint density at radius 2 is 1.71 bits per heavy atom. The topological polar surface area (TPSA) is 93.4 Å². The second-order valence-corrected chi connectivity index (χ2v) is 9.12. The van der Waals surface area contributed by atoms with E-state index in [1.165, 1.54) is 0 Å². The predicted octanol–water partition coefficient (Wildman–Crippen LogP) is 8.40. The minimum Gasteiger partial charge on any atom is -0.484 e. The van der Waals surface area contributed by atoms with Crippen molar-refractivity contribution < 1.29 is 18.3 Å². The van der Waals surface area contributed by atoms with Crippen molar-refractivity contribution in [2.75, 3.05) is 5.32 Å². The van der Waals surface area contributed by atoms with E-state index < -0.39 is 0 Å². The second kappa shape index (κ2) is 11.3.